The number of carbonyl (C=O) groups is 1. The molecule has 1 aromatic carbocycles. The van der Waals surface area contributed by atoms with Crippen LogP contribution >= 0.6 is 0 Å². The van der Waals surface area contributed by atoms with E-state index in [1.165, 1.54) is 6.07 Å². The zero-order valence-electron chi connectivity index (χ0n) is 8.02. The first-order chi connectivity index (χ1) is 6.83. The third-order valence-corrected chi connectivity index (χ3v) is 3.23. The average molecular weight is 229 g/mol. The van der Waals surface area contributed by atoms with Crippen molar-refractivity contribution in [2.75, 3.05) is 5.73 Å². The van der Waals surface area contributed by atoms with Crippen molar-refractivity contribution in [2.24, 2.45) is 5.73 Å². The van der Waals surface area contributed by atoms with Gasteiger partial charge in [0.15, 0.2) is 0 Å². The molecule has 15 heavy (non-hydrogen) atoms. The van der Waals surface area contributed by atoms with Crippen molar-refractivity contribution in [2.45, 2.75) is 11.8 Å². The molecule has 0 aliphatic heterocycles. The van der Waals surface area contributed by atoms with E-state index >= 15 is 0 Å². The molecular formula is C8H11N3O3S. The van der Waals surface area contributed by atoms with Crippen LogP contribution in [0.1, 0.15) is 5.56 Å². The van der Waals surface area contributed by atoms with Crippen molar-refractivity contribution in [3.63, 3.8) is 0 Å². The van der Waals surface area contributed by atoms with Crippen LogP contribution < -0.4 is 16.2 Å². The molecule has 0 aromatic heterocycles. The molecule has 0 fully saturated rings. The van der Waals surface area contributed by atoms with Gasteiger partial charge in [0.1, 0.15) is 0 Å². The van der Waals surface area contributed by atoms with Crippen LogP contribution in [0.15, 0.2) is 23.1 Å². The molecule has 82 valence electrons. The number of carbonyl (C=O) groups excluding carboxylic acids is 1. The number of hydrogen-bond acceptors (Lipinski definition) is 4. The summed E-state index contributed by atoms with van der Waals surface area (Å²) in [5.74, 6) is 0. The minimum atomic E-state index is -3.92. The van der Waals surface area contributed by atoms with Gasteiger partial charge in [-0.3, -0.25) is 0 Å². The Morgan fingerprint density at radius 2 is 2.00 bits per heavy atom. The van der Waals surface area contributed by atoms with E-state index in [4.69, 9.17) is 11.5 Å². The van der Waals surface area contributed by atoms with Gasteiger partial charge in [0, 0.05) is 5.69 Å². The van der Waals surface area contributed by atoms with Gasteiger partial charge >= 0.3 is 6.03 Å². The van der Waals surface area contributed by atoms with Crippen molar-refractivity contribution >= 4 is 21.7 Å². The molecule has 5 N–H and O–H groups in total. The Morgan fingerprint density at radius 1 is 1.40 bits per heavy atom. The zero-order chi connectivity index (χ0) is 11.6. The molecule has 0 radical (unpaired) electrons. The number of nitrogens with one attached hydrogen (secondary N) is 1. The quantitative estimate of drug-likeness (QED) is 0.616. The number of nitrogen functional groups attached to an aromatic ring is 1. The molecule has 0 heterocycles. The second-order valence-corrected chi connectivity index (χ2v) is 4.65. The Balaban J connectivity index is 3.26. The fourth-order valence-electron chi connectivity index (χ4n) is 1.09. The zero-order valence-corrected chi connectivity index (χ0v) is 8.84. The number of primary amides is 1. The lowest BCUT2D eigenvalue weighted by atomic mass is 10.2. The van der Waals surface area contributed by atoms with Crippen molar-refractivity contribution in [3.8, 4) is 0 Å². The molecule has 0 aliphatic carbocycles. The van der Waals surface area contributed by atoms with Crippen LogP contribution in [0.2, 0.25) is 0 Å². The summed E-state index contributed by atoms with van der Waals surface area (Å²) in [5.41, 5.74) is 11.0. The first-order valence-corrected chi connectivity index (χ1v) is 5.49. The Labute approximate surface area is 87.3 Å². The highest BCUT2D eigenvalue weighted by Gasteiger charge is 2.18. The Bertz CT molecular complexity index is 496. The maximum atomic E-state index is 11.5. The average Bonchev–Trinajstić information content (AvgIpc) is 2.06. The molecule has 2 amide bonds. The number of rotatable bonds is 2. The summed E-state index contributed by atoms with van der Waals surface area (Å²) in [5, 5.41) is 0. The minimum Gasteiger partial charge on any atom is -0.399 e. The molecule has 0 bridgehead atoms. The number of amides is 2. The number of nitrogens with two attached hydrogens (primary N) is 2. The number of aryl methyl sites for hydroxylation is 1. The molecule has 0 aliphatic rings. The molecular weight excluding hydrogens is 218 g/mol. The summed E-state index contributed by atoms with van der Waals surface area (Å²) >= 11 is 0. The third kappa shape index (κ3) is 2.59. The van der Waals surface area contributed by atoms with E-state index in [0.29, 0.717) is 11.3 Å². The Hall–Kier alpha value is -1.76. The number of hydrogen-bond donors (Lipinski definition) is 3. The van der Waals surface area contributed by atoms with Gasteiger partial charge in [-0.25, -0.2) is 17.9 Å². The largest absolute Gasteiger partial charge is 0.399 e. The number of urea groups is 1. The predicted octanol–water partition coefficient (Wildman–Crippen LogP) is -0.0658. The highest BCUT2D eigenvalue weighted by Crippen LogP contribution is 2.17. The monoisotopic (exact) mass is 229 g/mol. The maximum absolute atomic E-state index is 11.5. The molecule has 0 spiro atoms. The minimum absolute atomic E-state index is 0.0544. The fourth-order valence-corrected chi connectivity index (χ4v) is 2.25. The molecule has 0 unspecified atom stereocenters. The van der Waals surface area contributed by atoms with Crippen LogP contribution in [0.4, 0.5) is 10.5 Å². The van der Waals surface area contributed by atoms with Gasteiger partial charge in [-0.15, -0.1) is 0 Å². The molecule has 6 nitrogen and oxygen atoms in total. The van der Waals surface area contributed by atoms with Gasteiger partial charge in [-0.05, 0) is 24.6 Å². The van der Waals surface area contributed by atoms with E-state index in [1.54, 1.807) is 23.8 Å². The van der Waals surface area contributed by atoms with E-state index in [0.717, 1.165) is 0 Å². The Morgan fingerprint density at radius 3 is 2.53 bits per heavy atom. The number of anilines is 1. The lowest BCUT2D eigenvalue weighted by molar-refractivity contribution is 0.253. The normalized spacial score (nSPS) is 11.0. The lowest BCUT2D eigenvalue weighted by Crippen LogP contribution is -2.35. The molecule has 0 saturated heterocycles. The summed E-state index contributed by atoms with van der Waals surface area (Å²) < 4.78 is 24.8. The van der Waals surface area contributed by atoms with E-state index in [9.17, 15) is 13.2 Å². The van der Waals surface area contributed by atoms with Gasteiger partial charge in [0.05, 0.1) is 4.90 Å². The van der Waals surface area contributed by atoms with Crippen LogP contribution in [-0.4, -0.2) is 14.4 Å². The van der Waals surface area contributed by atoms with E-state index in [1.807, 2.05) is 0 Å². The van der Waals surface area contributed by atoms with Crippen LogP contribution in [-0.2, 0) is 10.0 Å². The van der Waals surface area contributed by atoms with Crippen LogP contribution in [0.5, 0.6) is 0 Å². The number of sulfonamides is 1. The topological polar surface area (TPSA) is 115 Å². The number of benzene rings is 1. The van der Waals surface area contributed by atoms with E-state index < -0.39 is 16.1 Å². The second kappa shape index (κ2) is 3.77. The SMILES string of the molecule is Cc1ccc(N)cc1S(=O)(=O)NC(N)=O. The highest BCUT2D eigenvalue weighted by atomic mass is 32.2. The highest BCUT2D eigenvalue weighted by molar-refractivity contribution is 7.90. The van der Waals surface area contributed by atoms with Gasteiger partial charge in [0.25, 0.3) is 10.0 Å². The van der Waals surface area contributed by atoms with Crippen LogP contribution in [0.25, 0.3) is 0 Å². The van der Waals surface area contributed by atoms with Crippen LogP contribution in [0, 0.1) is 6.92 Å². The van der Waals surface area contributed by atoms with Gasteiger partial charge in [-0.2, -0.15) is 0 Å². The van der Waals surface area contributed by atoms with Gasteiger partial charge in [0.2, 0.25) is 0 Å². The van der Waals surface area contributed by atoms with Crippen molar-refractivity contribution in [1.82, 2.24) is 4.72 Å². The second-order valence-electron chi connectivity index (χ2n) is 2.99. The van der Waals surface area contributed by atoms with Gasteiger partial charge in [-0.1, -0.05) is 6.07 Å². The smallest absolute Gasteiger partial charge is 0.326 e. The van der Waals surface area contributed by atoms with Crippen molar-refractivity contribution < 1.29 is 13.2 Å². The summed E-state index contributed by atoms with van der Waals surface area (Å²) in [6, 6.07) is 3.25. The fraction of sp³-hybridized carbons (Fsp3) is 0.125. The first kappa shape index (κ1) is 11.3. The summed E-state index contributed by atoms with van der Waals surface area (Å²) in [4.78, 5) is 10.4. The molecule has 1 rings (SSSR count). The van der Waals surface area contributed by atoms with E-state index in [2.05, 4.69) is 0 Å². The lowest BCUT2D eigenvalue weighted by Gasteiger charge is -2.07. The molecule has 1 aromatic rings. The van der Waals surface area contributed by atoms with Gasteiger partial charge < -0.3 is 11.5 Å². The van der Waals surface area contributed by atoms with E-state index in [-0.39, 0.29) is 4.90 Å². The standard InChI is InChI=1S/C8H11N3O3S/c1-5-2-3-6(9)4-7(5)15(13,14)11-8(10)12/h2-4H,9H2,1H3,(H3,10,11,12). The summed E-state index contributed by atoms with van der Waals surface area (Å²) in [6.07, 6.45) is 0. The molecule has 0 atom stereocenters. The summed E-state index contributed by atoms with van der Waals surface area (Å²) in [7, 11) is -3.92. The van der Waals surface area contributed by atoms with Crippen LogP contribution in [0.3, 0.4) is 0 Å². The maximum Gasteiger partial charge on any atom is 0.326 e. The van der Waals surface area contributed by atoms with Crippen molar-refractivity contribution in [1.29, 1.82) is 0 Å². The third-order valence-electron chi connectivity index (χ3n) is 1.74. The van der Waals surface area contributed by atoms with Crippen molar-refractivity contribution in [3.05, 3.63) is 23.8 Å². The summed E-state index contributed by atoms with van der Waals surface area (Å²) in [6.45, 7) is 1.59. The first-order valence-electron chi connectivity index (χ1n) is 4.01. The molecule has 0 saturated carbocycles. The molecule has 7 heteroatoms. The predicted molar refractivity (Wildman–Crippen MR) is 55.5 cm³/mol. The Kier molecular flexibility index (Phi) is 2.85.